The lowest BCUT2D eigenvalue weighted by Crippen LogP contribution is -2.30. The van der Waals surface area contributed by atoms with Gasteiger partial charge in [0.15, 0.2) is 0 Å². The minimum absolute atomic E-state index is 0.557. The molecule has 0 unspecified atom stereocenters. The van der Waals surface area contributed by atoms with E-state index >= 15 is 0 Å². The smallest absolute Gasteiger partial charge is 0.423 e. The van der Waals surface area contributed by atoms with Crippen LogP contribution in [0.5, 0.6) is 0 Å². The first-order valence-corrected chi connectivity index (χ1v) is 4.69. The van der Waals surface area contributed by atoms with Crippen molar-refractivity contribution in [1.29, 1.82) is 0 Å². The highest BCUT2D eigenvalue weighted by Crippen LogP contribution is 1.99. The van der Waals surface area contributed by atoms with Crippen molar-refractivity contribution in [3.05, 3.63) is 29.8 Å². The van der Waals surface area contributed by atoms with Crippen LogP contribution in [-0.2, 0) is 6.42 Å². The summed E-state index contributed by atoms with van der Waals surface area (Å²) in [5.41, 5.74) is 1.69. The van der Waals surface area contributed by atoms with E-state index in [-0.39, 0.29) is 0 Å². The number of rotatable bonds is 4. The summed E-state index contributed by atoms with van der Waals surface area (Å²) in [7, 11) is 2.67. The molecule has 1 rings (SSSR count). The normalized spacial score (nSPS) is 10.6. The molecule has 0 amide bonds. The van der Waals surface area contributed by atoms with E-state index in [9.17, 15) is 0 Å². The van der Waals surface area contributed by atoms with Crippen molar-refractivity contribution in [2.75, 3.05) is 20.6 Å². The van der Waals surface area contributed by atoms with Crippen LogP contribution in [0, 0.1) is 0 Å². The van der Waals surface area contributed by atoms with E-state index in [0.29, 0.717) is 5.46 Å². The molecule has 0 aliphatic rings. The molecule has 1 aromatic carbocycles. The van der Waals surface area contributed by atoms with Crippen LogP contribution in [0.15, 0.2) is 24.3 Å². The topological polar surface area (TPSA) is 43.7 Å². The number of likely N-dealkylation sites (N-methyl/N-ethyl adjacent to an activating group) is 1. The zero-order valence-electron chi connectivity index (χ0n) is 8.64. The number of benzene rings is 1. The lowest BCUT2D eigenvalue weighted by atomic mass is 9.79. The lowest BCUT2D eigenvalue weighted by molar-refractivity contribution is 0.413. The Bertz CT molecular complexity index is 289. The van der Waals surface area contributed by atoms with Gasteiger partial charge in [0, 0.05) is 6.54 Å². The molecule has 0 fully saturated rings. The summed E-state index contributed by atoms with van der Waals surface area (Å²) in [6, 6.07) is 7.38. The van der Waals surface area contributed by atoms with Crippen LogP contribution < -0.4 is 5.46 Å². The van der Waals surface area contributed by atoms with E-state index in [1.165, 1.54) is 0 Å². The van der Waals surface area contributed by atoms with Crippen LogP contribution in [0.3, 0.4) is 0 Å². The van der Waals surface area contributed by atoms with Crippen molar-refractivity contribution in [1.82, 2.24) is 4.90 Å². The largest absolute Gasteiger partial charge is 0.488 e. The second-order valence-electron chi connectivity index (χ2n) is 3.67. The Morgan fingerprint density at radius 1 is 1.29 bits per heavy atom. The minimum Gasteiger partial charge on any atom is -0.423 e. The minimum atomic E-state index is -1.37. The Labute approximate surface area is 85.1 Å². The molecule has 0 bridgehead atoms. The molecule has 2 N–H and O–H groups in total. The summed E-state index contributed by atoms with van der Waals surface area (Å²) in [5, 5.41) is 17.9. The molecule has 4 heteroatoms. The van der Waals surface area contributed by atoms with Gasteiger partial charge < -0.3 is 14.9 Å². The molecule has 3 nitrogen and oxygen atoms in total. The number of nitrogens with zero attached hydrogens (tertiary/aromatic N) is 1. The maximum Gasteiger partial charge on any atom is 0.488 e. The first kappa shape index (κ1) is 11.2. The molecular weight excluding hydrogens is 177 g/mol. The summed E-state index contributed by atoms with van der Waals surface area (Å²) >= 11 is 0. The third-order valence-electron chi connectivity index (χ3n) is 2.10. The maximum atomic E-state index is 8.97. The Kier molecular flexibility index (Phi) is 4.13. The van der Waals surface area contributed by atoms with Crippen molar-refractivity contribution in [3.8, 4) is 0 Å². The van der Waals surface area contributed by atoms with Crippen LogP contribution in [0.25, 0.3) is 0 Å². The quantitative estimate of drug-likeness (QED) is 0.632. The average Bonchev–Trinajstić information content (AvgIpc) is 2.15. The highest BCUT2D eigenvalue weighted by atomic mass is 16.4. The van der Waals surface area contributed by atoms with Gasteiger partial charge in [-0.25, -0.2) is 0 Å². The Morgan fingerprint density at radius 3 is 2.57 bits per heavy atom. The molecule has 0 spiro atoms. The molecule has 0 atom stereocenters. The van der Waals surface area contributed by atoms with Gasteiger partial charge in [-0.15, -0.1) is 0 Å². The Morgan fingerprint density at radius 2 is 2.00 bits per heavy atom. The second-order valence-corrected chi connectivity index (χ2v) is 3.67. The summed E-state index contributed by atoms with van der Waals surface area (Å²) in [6.07, 6.45) is 0.924. The maximum absolute atomic E-state index is 8.97. The molecule has 1 aromatic rings. The molecular formula is C10H16BNO2. The van der Waals surface area contributed by atoms with Gasteiger partial charge in [0.2, 0.25) is 0 Å². The molecule has 76 valence electrons. The van der Waals surface area contributed by atoms with Crippen LogP contribution in [0.1, 0.15) is 5.56 Å². The van der Waals surface area contributed by atoms with E-state index in [2.05, 4.69) is 4.90 Å². The summed E-state index contributed by atoms with van der Waals surface area (Å²) in [6.45, 7) is 0.963. The van der Waals surface area contributed by atoms with Gasteiger partial charge in [-0.1, -0.05) is 24.3 Å². The lowest BCUT2D eigenvalue weighted by Gasteiger charge is -2.09. The number of hydrogen-bond acceptors (Lipinski definition) is 3. The molecule has 0 heterocycles. The highest BCUT2D eigenvalue weighted by Gasteiger charge is 2.10. The highest BCUT2D eigenvalue weighted by molar-refractivity contribution is 6.58. The van der Waals surface area contributed by atoms with E-state index in [4.69, 9.17) is 10.0 Å². The molecule has 0 saturated carbocycles. The molecule has 0 aliphatic heterocycles. The van der Waals surface area contributed by atoms with E-state index < -0.39 is 7.12 Å². The van der Waals surface area contributed by atoms with Crippen molar-refractivity contribution >= 4 is 12.6 Å². The van der Waals surface area contributed by atoms with Gasteiger partial charge in [-0.05, 0) is 31.5 Å². The fraction of sp³-hybridized carbons (Fsp3) is 0.400. The summed E-state index contributed by atoms with van der Waals surface area (Å²) in [5.74, 6) is 0. The zero-order chi connectivity index (χ0) is 10.6. The fourth-order valence-corrected chi connectivity index (χ4v) is 1.26. The molecule has 0 saturated heterocycles. The SMILES string of the molecule is CN(C)CCc1cccc(B(O)O)c1. The van der Waals surface area contributed by atoms with E-state index in [0.717, 1.165) is 18.5 Å². The molecule has 0 aliphatic carbocycles. The molecule has 0 radical (unpaired) electrons. The number of hydrogen-bond donors (Lipinski definition) is 2. The summed E-state index contributed by atoms with van der Waals surface area (Å²) in [4.78, 5) is 2.10. The Hall–Kier alpha value is -0.835. The zero-order valence-corrected chi connectivity index (χ0v) is 8.64. The molecule has 0 aromatic heterocycles. The van der Waals surface area contributed by atoms with Crippen LogP contribution in [0.4, 0.5) is 0 Å². The first-order valence-electron chi connectivity index (χ1n) is 4.69. The standard InChI is InChI=1S/C10H16BNO2/c1-12(2)7-6-9-4-3-5-10(8-9)11(13)14/h3-5,8,13-14H,6-7H2,1-2H3. The predicted octanol–water partition coefficient (Wildman–Crippen LogP) is -0.529. The second kappa shape index (κ2) is 5.15. The van der Waals surface area contributed by atoms with E-state index in [1.54, 1.807) is 6.07 Å². The van der Waals surface area contributed by atoms with E-state index in [1.807, 2.05) is 32.3 Å². The van der Waals surface area contributed by atoms with Gasteiger partial charge in [0.05, 0.1) is 0 Å². The van der Waals surface area contributed by atoms with Crippen molar-refractivity contribution < 1.29 is 10.0 Å². The average molecular weight is 193 g/mol. The predicted molar refractivity (Wildman–Crippen MR) is 58.5 cm³/mol. The monoisotopic (exact) mass is 193 g/mol. The van der Waals surface area contributed by atoms with Gasteiger partial charge in [-0.2, -0.15) is 0 Å². The third kappa shape index (κ3) is 3.50. The van der Waals surface area contributed by atoms with Crippen molar-refractivity contribution in [2.45, 2.75) is 6.42 Å². The van der Waals surface area contributed by atoms with Gasteiger partial charge in [-0.3, -0.25) is 0 Å². The Balaban J connectivity index is 2.64. The van der Waals surface area contributed by atoms with Gasteiger partial charge in [0.1, 0.15) is 0 Å². The third-order valence-corrected chi connectivity index (χ3v) is 2.10. The van der Waals surface area contributed by atoms with Crippen molar-refractivity contribution in [3.63, 3.8) is 0 Å². The summed E-state index contributed by atoms with van der Waals surface area (Å²) < 4.78 is 0. The first-order chi connectivity index (χ1) is 6.59. The van der Waals surface area contributed by atoms with Gasteiger partial charge >= 0.3 is 7.12 Å². The fourth-order valence-electron chi connectivity index (χ4n) is 1.26. The molecule has 14 heavy (non-hydrogen) atoms. The van der Waals surface area contributed by atoms with Crippen LogP contribution in [-0.4, -0.2) is 42.7 Å². The van der Waals surface area contributed by atoms with Crippen molar-refractivity contribution in [2.24, 2.45) is 0 Å². The van der Waals surface area contributed by atoms with Crippen LogP contribution in [0.2, 0.25) is 0 Å². The van der Waals surface area contributed by atoms with Gasteiger partial charge in [0.25, 0.3) is 0 Å². The van der Waals surface area contributed by atoms with Crippen LogP contribution >= 0.6 is 0 Å².